The highest BCUT2D eigenvalue weighted by Crippen LogP contribution is 2.39. The van der Waals surface area contributed by atoms with Gasteiger partial charge in [-0.15, -0.1) is 0 Å². The third-order valence-corrected chi connectivity index (χ3v) is 6.87. The van der Waals surface area contributed by atoms with Crippen LogP contribution in [0.4, 0.5) is 4.79 Å². The highest BCUT2D eigenvalue weighted by Gasteiger charge is 2.56. The topological polar surface area (TPSA) is 64.2 Å². The van der Waals surface area contributed by atoms with E-state index in [4.69, 9.17) is 0 Å². The normalized spacial score (nSPS) is 25.2. The van der Waals surface area contributed by atoms with Crippen molar-refractivity contribution in [2.45, 2.75) is 43.7 Å². The van der Waals surface area contributed by atoms with Gasteiger partial charge in [0.25, 0.3) is 5.91 Å². The zero-order valence-electron chi connectivity index (χ0n) is 17.3. The van der Waals surface area contributed by atoms with Gasteiger partial charge in [-0.2, -0.15) is 0 Å². The number of hydrogen-bond acceptors (Lipinski definition) is 4. The first-order chi connectivity index (χ1) is 13.9. The second-order valence-corrected chi connectivity index (χ2v) is 8.60. The number of hydrogen-bond donors (Lipinski definition) is 0. The SMILES string of the molecule is CN1CCN(C(=O)CN2C(=O)N(C)C3(CCCCC3)C2=O)C(c2ccccc2)C1. The van der Waals surface area contributed by atoms with Gasteiger partial charge in [0.05, 0.1) is 6.04 Å². The van der Waals surface area contributed by atoms with Gasteiger partial charge in [-0.3, -0.25) is 14.5 Å². The largest absolute Gasteiger partial charge is 0.332 e. The van der Waals surface area contributed by atoms with Crippen molar-refractivity contribution in [2.75, 3.05) is 40.3 Å². The fourth-order valence-corrected chi connectivity index (χ4v) is 5.08. The van der Waals surface area contributed by atoms with E-state index in [-0.39, 0.29) is 30.4 Å². The smallest absolute Gasteiger partial charge is 0.327 e. The Kier molecular flexibility index (Phi) is 5.34. The van der Waals surface area contributed by atoms with Crippen LogP contribution in [0, 0.1) is 0 Å². The molecule has 3 fully saturated rings. The molecule has 0 radical (unpaired) electrons. The molecule has 1 aliphatic carbocycles. The molecule has 1 saturated carbocycles. The number of amides is 4. The quantitative estimate of drug-likeness (QED) is 0.732. The Balaban J connectivity index is 1.53. The van der Waals surface area contributed by atoms with Crippen molar-refractivity contribution in [3.63, 3.8) is 0 Å². The molecule has 0 bridgehead atoms. The molecule has 2 heterocycles. The second-order valence-electron chi connectivity index (χ2n) is 8.60. The molecule has 1 atom stereocenters. The van der Waals surface area contributed by atoms with Crippen LogP contribution in [0.1, 0.15) is 43.7 Å². The zero-order chi connectivity index (χ0) is 20.6. The minimum absolute atomic E-state index is 0.0726. The summed E-state index contributed by atoms with van der Waals surface area (Å²) in [5.74, 6) is -0.349. The molecule has 1 aromatic rings. The average Bonchev–Trinajstić information content (AvgIpc) is 2.91. The first-order valence-corrected chi connectivity index (χ1v) is 10.6. The minimum atomic E-state index is -0.740. The van der Waals surface area contributed by atoms with Crippen molar-refractivity contribution in [1.29, 1.82) is 0 Å². The van der Waals surface area contributed by atoms with Gasteiger partial charge in [0, 0.05) is 26.7 Å². The summed E-state index contributed by atoms with van der Waals surface area (Å²) in [6.45, 7) is 1.94. The van der Waals surface area contributed by atoms with E-state index >= 15 is 0 Å². The fraction of sp³-hybridized carbons (Fsp3) is 0.591. The number of benzene rings is 1. The van der Waals surface area contributed by atoms with E-state index < -0.39 is 5.54 Å². The Morgan fingerprint density at radius 2 is 1.72 bits per heavy atom. The van der Waals surface area contributed by atoms with Crippen LogP contribution in [-0.4, -0.2) is 83.3 Å². The first kappa shape index (κ1) is 19.9. The summed E-state index contributed by atoms with van der Waals surface area (Å²) in [4.78, 5) is 46.1. The molecule has 0 N–H and O–H groups in total. The molecule has 29 heavy (non-hydrogen) atoms. The minimum Gasteiger partial charge on any atom is -0.332 e. The van der Waals surface area contributed by atoms with Crippen LogP contribution < -0.4 is 0 Å². The van der Waals surface area contributed by atoms with E-state index in [1.807, 2.05) is 42.3 Å². The maximum Gasteiger partial charge on any atom is 0.327 e. The lowest BCUT2D eigenvalue weighted by Gasteiger charge is -2.40. The van der Waals surface area contributed by atoms with Crippen molar-refractivity contribution in [2.24, 2.45) is 0 Å². The standard InChI is InChI=1S/C22H30N4O3/c1-23-13-14-25(18(15-23)17-9-5-3-6-10-17)19(27)16-26-20(28)22(24(2)21(26)29)11-7-4-8-12-22/h3,5-6,9-10,18H,4,7-8,11-16H2,1-2H3. The van der Waals surface area contributed by atoms with E-state index in [0.29, 0.717) is 19.4 Å². The van der Waals surface area contributed by atoms with Crippen molar-refractivity contribution >= 4 is 17.8 Å². The molecule has 0 aromatic heterocycles. The third kappa shape index (κ3) is 3.41. The monoisotopic (exact) mass is 398 g/mol. The predicted molar refractivity (Wildman–Crippen MR) is 109 cm³/mol. The van der Waals surface area contributed by atoms with Crippen molar-refractivity contribution in [3.05, 3.63) is 35.9 Å². The molecule has 1 aromatic carbocycles. The van der Waals surface area contributed by atoms with Crippen LogP contribution in [0.25, 0.3) is 0 Å². The fourth-order valence-electron chi connectivity index (χ4n) is 5.08. The number of piperazine rings is 1. The average molecular weight is 399 g/mol. The molecule has 156 valence electrons. The maximum absolute atomic E-state index is 13.3. The molecular formula is C22H30N4O3. The van der Waals surface area contributed by atoms with Crippen LogP contribution in [0.2, 0.25) is 0 Å². The summed E-state index contributed by atoms with van der Waals surface area (Å²) in [6, 6.07) is 9.56. The molecule has 4 amide bonds. The van der Waals surface area contributed by atoms with Gasteiger partial charge in [-0.1, -0.05) is 49.6 Å². The van der Waals surface area contributed by atoms with Gasteiger partial charge in [0.15, 0.2) is 0 Å². The second kappa shape index (κ2) is 7.78. The number of imide groups is 1. The summed E-state index contributed by atoms with van der Waals surface area (Å²) < 4.78 is 0. The molecule has 2 saturated heterocycles. The summed E-state index contributed by atoms with van der Waals surface area (Å²) in [5.41, 5.74) is 0.337. The van der Waals surface area contributed by atoms with E-state index in [0.717, 1.165) is 37.9 Å². The lowest BCUT2D eigenvalue weighted by Crippen LogP contribution is -2.53. The Morgan fingerprint density at radius 3 is 2.41 bits per heavy atom. The number of urea groups is 1. The first-order valence-electron chi connectivity index (χ1n) is 10.6. The Bertz CT molecular complexity index is 791. The highest BCUT2D eigenvalue weighted by molar-refractivity contribution is 6.09. The number of carbonyl (C=O) groups is 3. The number of likely N-dealkylation sites (N-methyl/N-ethyl adjacent to an activating group) is 2. The zero-order valence-corrected chi connectivity index (χ0v) is 17.3. The van der Waals surface area contributed by atoms with Gasteiger partial charge < -0.3 is 14.7 Å². The lowest BCUT2D eigenvalue weighted by molar-refractivity contribution is -0.143. The number of rotatable bonds is 3. The Hall–Kier alpha value is -2.41. The van der Waals surface area contributed by atoms with Gasteiger partial charge in [-0.05, 0) is 25.5 Å². The molecule has 4 rings (SSSR count). The van der Waals surface area contributed by atoms with Crippen molar-refractivity contribution in [3.8, 4) is 0 Å². The van der Waals surface area contributed by atoms with Crippen LogP contribution in [0.3, 0.4) is 0 Å². The molecule has 7 heteroatoms. The van der Waals surface area contributed by atoms with Crippen LogP contribution >= 0.6 is 0 Å². The number of nitrogens with zero attached hydrogens (tertiary/aromatic N) is 4. The maximum atomic E-state index is 13.3. The molecule has 7 nitrogen and oxygen atoms in total. The molecule has 3 aliphatic rings. The van der Waals surface area contributed by atoms with E-state index in [9.17, 15) is 14.4 Å². The van der Waals surface area contributed by atoms with E-state index in [1.54, 1.807) is 11.9 Å². The summed E-state index contributed by atoms with van der Waals surface area (Å²) in [5, 5.41) is 0. The van der Waals surface area contributed by atoms with Gasteiger partial charge in [0.1, 0.15) is 12.1 Å². The summed E-state index contributed by atoms with van der Waals surface area (Å²) in [6.07, 6.45) is 4.37. The van der Waals surface area contributed by atoms with Gasteiger partial charge >= 0.3 is 6.03 Å². The molecule has 1 spiro atoms. The van der Waals surface area contributed by atoms with Crippen LogP contribution in [0.5, 0.6) is 0 Å². The molecular weight excluding hydrogens is 368 g/mol. The van der Waals surface area contributed by atoms with Crippen LogP contribution in [-0.2, 0) is 9.59 Å². The Morgan fingerprint density at radius 1 is 1.03 bits per heavy atom. The Labute approximate surface area is 172 Å². The van der Waals surface area contributed by atoms with Crippen molar-refractivity contribution in [1.82, 2.24) is 19.6 Å². The highest BCUT2D eigenvalue weighted by atomic mass is 16.2. The lowest BCUT2D eigenvalue weighted by atomic mass is 9.81. The van der Waals surface area contributed by atoms with Gasteiger partial charge in [-0.25, -0.2) is 4.79 Å². The number of carbonyl (C=O) groups excluding carboxylic acids is 3. The van der Waals surface area contributed by atoms with E-state index in [1.165, 1.54) is 4.90 Å². The molecule has 2 aliphatic heterocycles. The van der Waals surface area contributed by atoms with Gasteiger partial charge in [0.2, 0.25) is 5.91 Å². The third-order valence-electron chi connectivity index (χ3n) is 6.87. The molecule has 1 unspecified atom stereocenters. The van der Waals surface area contributed by atoms with Crippen molar-refractivity contribution < 1.29 is 14.4 Å². The summed E-state index contributed by atoms with van der Waals surface area (Å²) >= 11 is 0. The summed E-state index contributed by atoms with van der Waals surface area (Å²) in [7, 11) is 3.76. The van der Waals surface area contributed by atoms with Crippen LogP contribution in [0.15, 0.2) is 30.3 Å². The predicted octanol–water partition coefficient (Wildman–Crippen LogP) is 2.10. The van der Waals surface area contributed by atoms with E-state index in [2.05, 4.69) is 4.90 Å².